The van der Waals surface area contributed by atoms with Crippen molar-refractivity contribution in [2.24, 2.45) is 0 Å². The van der Waals surface area contributed by atoms with Crippen LogP contribution in [0.25, 0.3) is 0 Å². The van der Waals surface area contributed by atoms with Crippen LogP contribution in [0, 0.1) is 0 Å². The van der Waals surface area contributed by atoms with Gasteiger partial charge in [-0.3, -0.25) is 4.90 Å². The molecule has 0 spiro atoms. The minimum absolute atomic E-state index is 0.273. The molecule has 1 unspecified atom stereocenters. The Labute approximate surface area is 142 Å². The van der Waals surface area contributed by atoms with Crippen molar-refractivity contribution >= 4 is 21.4 Å². The first-order chi connectivity index (χ1) is 11.2. The van der Waals surface area contributed by atoms with Gasteiger partial charge in [0.25, 0.3) is 10.0 Å². The van der Waals surface area contributed by atoms with Gasteiger partial charge in [-0.1, -0.05) is 6.07 Å². The SMILES string of the molecule is O=S(=O)(c1cccs1)N1CCC(NCCCN2CCOCC2)C1. The summed E-state index contributed by atoms with van der Waals surface area (Å²) < 4.78 is 32.3. The van der Waals surface area contributed by atoms with Gasteiger partial charge in [0, 0.05) is 32.2 Å². The minimum atomic E-state index is -3.29. The Morgan fingerprint density at radius 2 is 2.13 bits per heavy atom. The third-order valence-electron chi connectivity index (χ3n) is 4.43. The standard InChI is InChI=1S/C15H25N3O3S2/c19-23(20,15-3-1-12-22-15)18-7-4-14(13-18)16-5-2-6-17-8-10-21-11-9-17/h1,3,12,14,16H,2,4-11,13H2. The van der Waals surface area contributed by atoms with Crippen LogP contribution in [-0.4, -0.2) is 76.1 Å². The van der Waals surface area contributed by atoms with E-state index in [1.165, 1.54) is 11.3 Å². The number of nitrogens with one attached hydrogen (secondary N) is 1. The van der Waals surface area contributed by atoms with E-state index in [0.717, 1.165) is 52.2 Å². The molecule has 2 aliphatic rings. The van der Waals surface area contributed by atoms with Crippen molar-refractivity contribution in [2.45, 2.75) is 23.1 Å². The Morgan fingerprint density at radius 1 is 1.30 bits per heavy atom. The predicted octanol–water partition coefficient (Wildman–Crippen LogP) is 0.823. The predicted molar refractivity (Wildman–Crippen MR) is 91.4 cm³/mol. The van der Waals surface area contributed by atoms with Crippen LogP contribution in [0.1, 0.15) is 12.8 Å². The van der Waals surface area contributed by atoms with Crippen LogP contribution in [0.15, 0.2) is 21.7 Å². The van der Waals surface area contributed by atoms with E-state index in [1.807, 2.05) is 5.38 Å². The number of morpholine rings is 1. The van der Waals surface area contributed by atoms with E-state index in [9.17, 15) is 8.42 Å². The van der Waals surface area contributed by atoms with Crippen LogP contribution in [0.5, 0.6) is 0 Å². The lowest BCUT2D eigenvalue weighted by atomic mass is 10.2. The second-order valence-corrected chi connectivity index (χ2v) is 9.15. The molecule has 1 atom stereocenters. The molecule has 1 aromatic rings. The van der Waals surface area contributed by atoms with E-state index >= 15 is 0 Å². The number of ether oxygens (including phenoxy) is 1. The molecular weight excluding hydrogens is 334 g/mol. The van der Waals surface area contributed by atoms with Crippen molar-refractivity contribution in [2.75, 3.05) is 52.5 Å². The average Bonchev–Trinajstić information content (AvgIpc) is 3.24. The smallest absolute Gasteiger partial charge is 0.252 e. The summed E-state index contributed by atoms with van der Waals surface area (Å²) in [7, 11) is -3.29. The van der Waals surface area contributed by atoms with Crippen LogP contribution in [0.3, 0.4) is 0 Å². The van der Waals surface area contributed by atoms with Gasteiger partial charge in [-0.05, 0) is 37.4 Å². The number of rotatable bonds is 7. The molecule has 2 aliphatic heterocycles. The molecule has 0 aromatic carbocycles. The van der Waals surface area contributed by atoms with E-state index in [-0.39, 0.29) is 6.04 Å². The summed E-state index contributed by atoms with van der Waals surface area (Å²) in [5.74, 6) is 0. The molecule has 6 nitrogen and oxygen atoms in total. The third kappa shape index (κ3) is 4.52. The summed E-state index contributed by atoms with van der Waals surface area (Å²) in [5.41, 5.74) is 0. The summed E-state index contributed by atoms with van der Waals surface area (Å²) in [6.45, 7) is 6.94. The number of nitrogens with zero attached hydrogens (tertiary/aromatic N) is 2. The molecule has 1 aromatic heterocycles. The zero-order valence-electron chi connectivity index (χ0n) is 13.3. The molecule has 0 radical (unpaired) electrons. The molecule has 23 heavy (non-hydrogen) atoms. The molecule has 3 rings (SSSR count). The maximum Gasteiger partial charge on any atom is 0.252 e. The monoisotopic (exact) mass is 359 g/mol. The van der Waals surface area contributed by atoms with Crippen molar-refractivity contribution in [3.05, 3.63) is 17.5 Å². The van der Waals surface area contributed by atoms with Crippen molar-refractivity contribution in [1.29, 1.82) is 0 Å². The largest absolute Gasteiger partial charge is 0.379 e. The van der Waals surface area contributed by atoms with Gasteiger partial charge < -0.3 is 10.1 Å². The Kier molecular flexibility index (Phi) is 6.06. The van der Waals surface area contributed by atoms with Crippen molar-refractivity contribution in [1.82, 2.24) is 14.5 Å². The van der Waals surface area contributed by atoms with E-state index in [1.54, 1.807) is 16.4 Å². The molecule has 0 amide bonds. The van der Waals surface area contributed by atoms with Crippen molar-refractivity contribution in [3.63, 3.8) is 0 Å². The lowest BCUT2D eigenvalue weighted by molar-refractivity contribution is 0.0374. The fraction of sp³-hybridized carbons (Fsp3) is 0.733. The zero-order chi connectivity index (χ0) is 16.1. The van der Waals surface area contributed by atoms with Gasteiger partial charge in [0.15, 0.2) is 0 Å². The molecule has 0 saturated carbocycles. The van der Waals surface area contributed by atoms with Crippen LogP contribution in [0.4, 0.5) is 0 Å². The second kappa shape index (κ2) is 8.04. The quantitative estimate of drug-likeness (QED) is 0.731. The Hall–Kier alpha value is -0.510. The fourth-order valence-corrected chi connectivity index (χ4v) is 5.73. The summed E-state index contributed by atoms with van der Waals surface area (Å²) >= 11 is 1.29. The zero-order valence-corrected chi connectivity index (χ0v) is 14.9. The highest BCUT2D eigenvalue weighted by Crippen LogP contribution is 2.24. The molecule has 2 fully saturated rings. The van der Waals surface area contributed by atoms with Gasteiger partial charge in [-0.2, -0.15) is 4.31 Å². The molecule has 2 saturated heterocycles. The lowest BCUT2D eigenvalue weighted by Gasteiger charge is -2.26. The highest BCUT2D eigenvalue weighted by Gasteiger charge is 2.32. The summed E-state index contributed by atoms with van der Waals surface area (Å²) in [6.07, 6.45) is 1.98. The fourth-order valence-electron chi connectivity index (χ4n) is 3.08. The van der Waals surface area contributed by atoms with Gasteiger partial charge in [0.05, 0.1) is 13.2 Å². The molecule has 1 N–H and O–H groups in total. The van der Waals surface area contributed by atoms with Gasteiger partial charge in [-0.25, -0.2) is 8.42 Å². The van der Waals surface area contributed by atoms with Crippen LogP contribution in [-0.2, 0) is 14.8 Å². The number of sulfonamides is 1. The second-order valence-electron chi connectivity index (χ2n) is 6.04. The number of thiophene rings is 1. The van der Waals surface area contributed by atoms with Gasteiger partial charge in [0.1, 0.15) is 4.21 Å². The van der Waals surface area contributed by atoms with Gasteiger partial charge >= 0.3 is 0 Å². The number of hydrogen-bond donors (Lipinski definition) is 1. The highest BCUT2D eigenvalue weighted by molar-refractivity contribution is 7.91. The van der Waals surface area contributed by atoms with Crippen LogP contribution in [0.2, 0.25) is 0 Å². The molecule has 3 heterocycles. The summed E-state index contributed by atoms with van der Waals surface area (Å²) in [6, 6.07) is 3.74. The topological polar surface area (TPSA) is 61.9 Å². The molecular formula is C15H25N3O3S2. The Balaban J connectivity index is 1.38. The van der Waals surface area contributed by atoms with Gasteiger partial charge in [0.2, 0.25) is 0 Å². The Bertz CT molecular complexity index is 571. The first kappa shape index (κ1) is 17.3. The highest BCUT2D eigenvalue weighted by atomic mass is 32.2. The minimum Gasteiger partial charge on any atom is -0.379 e. The summed E-state index contributed by atoms with van der Waals surface area (Å²) in [4.78, 5) is 2.42. The van der Waals surface area contributed by atoms with Crippen molar-refractivity contribution < 1.29 is 13.2 Å². The normalized spacial score (nSPS) is 24.3. The first-order valence-electron chi connectivity index (χ1n) is 8.23. The average molecular weight is 360 g/mol. The first-order valence-corrected chi connectivity index (χ1v) is 10.6. The van der Waals surface area contributed by atoms with E-state index in [0.29, 0.717) is 17.3 Å². The molecule has 8 heteroatoms. The maximum atomic E-state index is 12.5. The Morgan fingerprint density at radius 3 is 2.87 bits per heavy atom. The van der Waals surface area contributed by atoms with E-state index in [4.69, 9.17) is 4.74 Å². The van der Waals surface area contributed by atoms with E-state index < -0.39 is 10.0 Å². The van der Waals surface area contributed by atoms with Crippen LogP contribution >= 0.6 is 11.3 Å². The molecule has 130 valence electrons. The lowest BCUT2D eigenvalue weighted by Crippen LogP contribution is -2.39. The molecule has 0 aliphatic carbocycles. The van der Waals surface area contributed by atoms with E-state index in [2.05, 4.69) is 10.2 Å². The van der Waals surface area contributed by atoms with Gasteiger partial charge in [-0.15, -0.1) is 11.3 Å². The maximum absolute atomic E-state index is 12.5. The van der Waals surface area contributed by atoms with Crippen LogP contribution < -0.4 is 5.32 Å². The third-order valence-corrected chi connectivity index (χ3v) is 7.67. The van der Waals surface area contributed by atoms with Crippen molar-refractivity contribution in [3.8, 4) is 0 Å². The summed E-state index contributed by atoms with van der Waals surface area (Å²) in [5, 5.41) is 5.32. The molecule has 0 bridgehead atoms. The number of hydrogen-bond acceptors (Lipinski definition) is 6.